The van der Waals surface area contributed by atoms with E-state index >= 15 is 0 Å². The predicted octanol–water partition coefficient (Wildman–Crippen LogP) is 4.00. The van der Waals surface area contributed by atoms with Crippen LogP contribution < -0.4 is 4.74 Å². The van der Waals surface area contributed by atoms with Gasteiger partial charge in [0.05, 0.1) is 0 Å². The number of aromatic nitrogens is 1. The zero-order chi connectivity index (χ0) is 14.7. The molecule has 0 bridgehead atoms. The van der Waals surface area contributed by atoms with Crippen molar-refractivity contribution in [3.63, 3.8) is 0 Å². The Bertz CT molecular complexity index is 635. The van der Waals surface area contributed by atoms with Gasteiger partial charge in [-0.3, -0.25) is 0 Å². The number of rotatable bonds is 4. The van der Waals surface area contributed by atoms with Crippen LogP contribution in [0.5, 0.6) is 11.6 Å². The molecule has 0 fully saturated rings. The van der Waals surface area contributed by atoms with E-state index in [0.717, 1.165) is 16.9 Å². The van der Waals surface area contributed by atoms with Crippen LogP contribution in [0.2, 0.25) is 0 Å². The third kappa shape index (κ3) is 3.15. The van der Waals surface area contributed by atoms with Crippen LogP contribution in [0.4, 0.5) is 0 Å². The Morgan fingerprint density at radius 2 is 2.00 bits per heavy atom. The van der Waals surface area contributed by atoms with Gasteiger partial charge in [0.2, 0.25) is 5.88 Å². The van der Waals surface area contributed by atoms with Crippen molar-refractivity contribution in [2.45, 2.75) is 26.7 Å². The third-order valence-electron chi connectivity index (χ3n) is 2.95. The van der Waals surface area contributed by atoms with Crippen molar-refractivity contribution < 1.29 is 14.6 Å². The van der Waals surface area contributed by atoms with Crippen LogP contribution >= 0.6 is 0 Å². The Morgan fingerprint density at radius 1 is 1.25 bits per heavy atom. The summed E-state index contributed by atoms with van der Waals surface area (Å²) in [5.74, 6) is 0.254. The molecular weight excluding hydrogens is 254 g/mol. The lowest BCUT2D eigenvalue weighted by atomic mass is 10.0. The van der Waals surface area contributed by atoms with E-state index in [1.165, 1.54) is 6.07 Å². The second-order valence-corrected chi connectivity index (χ2v) is 4.96. The van der Waals surface area contributed by atoms with Crippen molar-refractivity contribution in [2.75, 3.05) is 0 Å². The van der Waals surface area contributed by atoms with Crippen molar-refractivity contribution in [3.05, 3.63) is 53.2 Å². The molecule has 0 spiro atoms. The minimum atomic E-state index is -1.07. The molecule has 20 heavy (non-hydrogen) atoms. The normalized spacial score (nSPS) is 10.6. The van der Waals surface area contributed by atoms with E-state index < -0.39 is 5.97 Å². The van der Waals surface area contributed by atoms with Crippen molar-refractivity contribution >= 4 is 5.97 Å². The summed E-state index contributed by atoms with van der Waals surface area (Å²) in [4.78, 5) is 14.9. The maximum absolute atomic E-state index is 10.9. The molecule has 0 amide bonds. The van der Waals surface area contributed by atoms with Gasteiger partial charge in [0, 0.05) is 6.07 Å². The summed E-state index contributed by atoms with van der Waals surface area (Å²) in [5.41, 5.74) is 2.12. The van der Waals surface area contributed by atoms with E-state index in [4.69, 9.17) is 9.84 Å². The van der Waals surface area contributed by atoms with Crippen LogP contribution in [0.25, 0.3) is 0 Å². The molecule has 2 rings (SSSR count). The second kappa shape index (κ2) is 5.74. The molecule has 0 saturated heterocycles. The van der Waals surface area contributed by atoms with Crippen molar-refractivity contribution in [2.24, 2.45) is 0 Å². The third-order valence-corrected chi connectivity index (χ3v) is 2.95. The Labute approximate surface area is 118 Å². The van der Waals surface area contributed by atoms with E-state index in [9.17, 15) is 4.79 Å². The first-order chi connectivity index (χ1) is 9.47. The van der Waals surface area contributed by atoms with Gasteiger partial charge >= 0.3 is 5.97 Å². The summed E-state index contributed by atoms with van der Waals surface area (Å²) in [6.45, 7) is 6.15. The Kier molecular flexibility index (Phi) is 4.03. The van der Waals surface area contributed by atoms with Crippen molar-refractivity contribution in [1.29, 1.82) is 0 Å². The van der Waals surface area contributed by atoms with Crippen LogP contribution in [0.15, 0.2) is 36.4 Å². The summed E-state index contributed by atoms with van der Waals surface area (Å²) in [7, 11) is 0. The number of nitrogens with zero attached hydrogens (tertiary/aromatic N) is 1. The largest absolute Gasteiger partial charge is 0.477 e. The van der Waals surface area contributed by atoms with Crippen LogP contribution in [-0.2, 0) is 0 Å². The quantitative estimate of drug-likeness (QED) is 0.912. The first kappa shape index (κ1) is 14.1. The standard InChI is InChI=1S/C16H17NO3/c1-10(2)12-8-7-11(3)9-14(12)20-15-6-4-5-13(17-15)16(18)19/h4-10H,1-3H3,(H,18,19). The minimum Gasteiger partial charge on any atom is -0.477 e. The molecule has 0 aliphatic rings. The molecule has 0 atom stereocenters. The molecule has 4 heteroatoms. The highest BCUT2D eigenvalue weighted by molar-refractivity contribution is 5.85. The summed E-state index contributed by atoms with van der Waals surface area (Å²) >= 11 is 0. The molecule has 1 heterocycles. The lowest BCUT2D eigenvalue weighted by Crippen LogP contribution is -2.02. The summed E-state index contributed by atoms with van der Waals surface area (Å²) in [6.07, 6.45) is 0. The first-order valence-electron chi connectivity index (χ1n) is 6.46. The highest BCUT2D eigenvalue weighted by Gasteiger charge is 2.11. The first-order valence-corrected chi connectivity index (χ1v) is 6.46. The molecule has 4 nitrogen and oxygen atoms in total. The number of aromatic carboxylic acids is 1. The number of ether oxygens (including phenoxy) is 1. The number of benzene rings is 1. The van der Waals surface area contributed by atoms with Gasteiger partial charge in [-0.05, 0) is 36.1 Å². The van der Waals surface area contributed by atoms with E-state index in [1.54, 1.807) is 12.1 Å². The summed E-state index contributed by atoms with van der Waals surface area (Å²) in [5, 5.41) is 8.94. The fourth-order valence-electron chi connectivity index (χ4n) is 1.91. The molecule has 2 aromatic rings. The smallest absolute Gasteiger partial charge is 0.354 e. The molecule has 1 N–H and O–H groups in total. The van der Waals surface area contributed by atoms with Crippen LogP contribution in [0.3, 0.4) is 0 Å². The molecule has 0 aliphatic carbocycles. The van der Waals surface area contributed by atoms with Gasteiger partial charge in [0.25, 0.3) is 0 Å². The van der Waals surface area contributed by atoms with Gasteiger partial charge in [-0.15, -0.1) is 0 Å². The van der Waals surface area contributed by atoms with Gasteiger partial charge in [-0.25, -0.2) is 9.78 Å². The minimum absolute atomic E-state index is 0.0266. The number of carboxylic acid groups (broad SMARTS) is 1. The Morgan fingerprint density at radius 3 is 2.65 bits per heavy atom. The van der Waals surface area contributed by atoms with Crippen LogP contribution in [-0.4, -0.2) is 16.1 Å². The van der Waals surface area contributed by atoms with Crippen LogP contribution in [0.1, 0.15) is 41.4 Å². The van der Waals surface area contributed by atoms with Gasteiger partial charge in [-0.1, -0.05) is 32.0 Å². The molecule has 0 aliphatic heterocycles. The van der Waals surface area contributed by atoms with Crippen molar-refractivity contribution in [1.82, 2.24) is 4.98 Å². The second-order valence-electron chi connectivity index (χ2n) is 4.96. The lowest BCUT2D eigenvalue weighted by Gasteiger charge is -2.14. The average molecular weight is 271 g/mol. The molecular formula is C16H17NO3. The Balaban J connectivity index is 2.36. The van der Waals surface area contributed by atoms with Gasteiger partial charge < -0.3 is 9.84 Å². The maximum Gasteiger partial charge on any atom is 0.354 e. The van der Waals surface area contributed by atoms with E-state index in [0.29, 0.717) is 5.92 Å². The molecule has 1 aromatic heterocycles. The molecule has 1 aromatic carbocycles. The topological polar surface area (TPSA) is 59.4 Å². The summed E-state index contributed by atoms with van der Waals surface area (Å²) < 4.78 is 5.77. The predicted molar refractivity (Wildman–Crippen MR) is 76.5 cm³/mol. The monoisotopic (exact) mass is 271 g/mol. The fraction of sp³-hybridized carbons (Fsp3) is 0.250. The summed E-state index contributed by atoms with van der Waals surface area (Å²) in [6, 6.07) is 10.7. The highest BCUT2D eigenvalue weighted by atomic mass is 16.5. The highest BCUT2D eigenvalue weighted by Crippen LogP contribution is 2.30. The number of pyridine rings is 1. The van der Waals surface area contributed by atoms with Gasteiger partial charge in [0.1, 0.15) is 5.75 Å². The molecule has 0 radical (unpaired) electrons. The Hall–Kier alpha value is -2.36. The average Bonchev–Trinajstić information content (AvgIpc) is 2.38. The zero-order valence-corrected chi connectivity index (χ0v) is 11.8. The van der Waals surface area contributed by atoms with E-state index in [2.05, 4.69) is 18.8 Å². The zero-order valence-electron chi connectivity index (χ0n) is 11.8. The molecule has 0 saturated carbocycles. The molecule has 104 valence electrons. The number of carbonyl (C=O) groups is 1. The lowest BCUT2D eigenvalue weighted by molar-refractivity contribution is 0.0689. The maximum atomic E-state index is 10.9. The van der Waals surface area contributed by atoms with Gasteiger partial charge in [-0.2, -0.15) is 0 Å². The number of hydrogen-bond acceptors (Lipinski definition) is 3. The molecule has 0 unspecified atom stereocenters. The SMILES string of the molecule is Cc1ccc(C(C)C)c(Oc2cccc(C(=O)O)n2)c1. The van der Waals surface area contributed by atoms with E-state index in [1.807, 2.05) is 25.1 Å². The van der Waals surface area contributed by atoms with E-state index in [-0.39, 0.29) is 11.6 Å². The van der Waals surface area contributed by atoms with Gasteiger partial charge in [0.15, 0.2) is 5.69 Å². The van der Waals surface area contributed by atoms with Crippen molar-refractivity contribution in [3.8, 4) is 11.6 Å². The van der Waals surface area contributed by atoms with Crippen LogP contribution in [0, 0.1) is 6.92 Å². The fourth-order valence-corrected chi connectivity index (χ4v) is 1.91. The number of carboxylic acids is 1. The number of hydrogen-bond donors (Lipinski definition) is 1. The number of aryl methyl sites for hydroxylation is 1.